The second-order valence-corrected chi connectivity index (χ2v) is 4.61. The van der Waals surface area contributed by atoms with Gasteiger partial charge in [-0.2, -0.15) is 0 Å². The topological polar surface area (TPSA) is 71.1 Å². The summed E-state index contributed by atoms with van der Waals surface area (Å²) in [6, 6.07) is 0. The number of oxime groups is 1. The highest BCUT2D eigenvalue weighted by atomic mass is 16.5. The fraction of sp³-hybridized carbons (Fsp3) is 0.909. The summed E-state index contributed by atoms with van der Waals surface area (Å²) in [7, 11) is 2.05. The zero-order chi connectivity index (χ0) is 12.0. The van der Waals surface area contributed by atoms with Crippen molar-refractivity contribution in [2.45, 2.75) is 32.3 Å². The molecule has 1 aliphatic heterocycles. The molecule has 5 heteroatoms. The first-order chi connectivity index (χ1) is 7.63. The standard InChI is InChI=1S/C11H23N3O2/c1-9(11(12)13-15)8-14(2)6-5-10-4-3-7-16-10/h9-10,15H,3-8H2,1-2H3,(H2,12,13). The molecule has 94 valence electrons. The lowest BCUT2D eigenvalue weighted by Crippen LogP contribution is -2.34. The molecular formula is C11H23N3O2. The molecule has 0 amide bonds. The van der Waals surface area contributed by atoms with E-state index in [0.29, 0.717) is 11.9 Å². The van der Waals surface area contributed by atoms with E-state index in [1.165, 1.54) is 12.8 Å². The van der Waals surface area contributed by atoms with Crippen LogP contribution in [0.25, 0.3) is 0 Å². The molecule has 5 nitrogen and oxygen atoms in total. The van der Waals surface area contributed by atoms with Crippen LogP contribution in [0.5, 0.6) is 0 Å². The molecule has 0 saturated carbocycles. The molecule has 1 heterocycles. The Morgan fingerprint density at radius 3 is 3.00 bits per heavy atom. The molecule has 2 unspecified atom stereocenters. The molecule has 1 saturated heterocycles. The number of hydrogen-bond donors (Lipinski definition) is 2. The Bertz CT molecular complexity index is 227. The number of hydrogen-bond acceptors (Lipinski definition) is 4. The minimum atomic E-state index is 0.0829. The zero-order valence-corrected chi connectivity index (χ0v) is 10.2. The Labute approximate surface area is 97.2 Å². The molecular weight excluding hydrogens is 206 g/mol. The van der Waals surface area contributed by atoms with Crippen LogP contribution in [0.2, 0.25) is 0 Å². The smallest absolute Gasteiger partial charge is 0.143 e. The van der Waals surface area contributed by atoms with Crippen LogP contribution in [0, 0.1) is 5.92 Å². The maximum absolute atomic E-state index is 8.55. The average Bonchev–Trinajstić information content (AvgIpc) is 2.78. The van der Waals surface area contributed by atoms with E-state index in [-0.39, 0.29) is 5.92 Å². The Morgan fingerprint density at radius 2 is 2.44 bits per heavy atom. The molecule has 2 atom stereocenters. The minimum Gasteiger partial charge on any atom is -0.409 e. The Morgan fingerprint density at radius 1 is 1.69 bits per heavy atom. The van der Waals surface area contributed by atoms with Crippen LogP contribution in [-0.2, 0) is 4.74 Å². The highest BCUT2D eigenvalue weighted by molar-refractivity contribution is 5.82. The molecule has 0 radical (unpaired) electrons. The fourth-order valence-corrected chi connectivity index (χ4v) is 1.99. The number of ether oxygens (including phenoxy) is 1. The highest BCUT2D eigenvalue weighted by Gasteiger charge is 2.17. The molecule has 16 heavy (non-hydrogen) atoms. The van der Waals surface area contributed by atoms with Crippen molar-refractivity contribution in [2.75, 3.05) is 26.7 Å². The van der Waals surface area contributed by atoms with Crippen molar-refractivity contribution in [3.05, 3.63) is 0 Å². The number of nitrogens with two attached hydrogens (primary N) is 1. The van der Waals surface area contributed by atoms with Gasteiger partial charge >= 0.3 is 0 Å². The van der Waals surface area contributed by atoms with Crippen molar-refractivity contribution < 1.29 is 9.94 Å². The maximum atomic E-state index is 8.55. The largest absolute Gasteiger partial charge is 0.409 e. The quantitative estimate of drug-likeness (QED) is 0.307. The first-order valence-corrected chi connectivity index (χ1v) is 5.91. The second-order valence-electron chi connectivity index (χ2n) is 4.61. The van der Waals surface area contributed by atoms with Gasteiger partial charge in [-0.3, -0.25) is 0 Å². The van der Waals surface area contributed by atoms with Crippen molar-refractivity contribution in [2.24, 2.45) is 16.8 Å². The summed E-state index contributed by atoms with van der Waals surface area (Å²) in [5.74, 6) is 0.378. The van der Waals surface area contributed by atoms with Crippen molar-refractivity contribution in [1.29, 1.82) is 0 Å². The molecule has 0 aliphatic carbocycles. The Kier molecular flexibility index (Phi) is 5.55. The molecule has 1 rings (SSSR count). The third-order valence-corrected chi connectivity index (χ3v) is 3.06. The lowest BCUT2D eigenvalue weighted by molar-refractivity contribution is 0.0944. The molecule has 0 aromatic carbocycles. The molecule has 0 bridgehead atoms. The normalized spacial score (nSPS) is 23.9. The van der Waals surface area contributed by atoms with Gasteiger partial charge in [-0.15, -0.1) is 0 Å². The summed E-state index contributed by atoms with van der Waals surface area (Å²) >= 11 is 0. The second kappa shape index (κ2) is 6.70. The molecule has 3 N–H and O–H groups in total. The highest BCUT2D eigenvalue weighted by Crippen LogP contribution is 2.15. The fourth-order valence-electron chi connectivity index (χ4n) is 1.99. The van der Waals surface area contributed by atoms with Gasteiger partial charge in [0.25, 0.3) is 0 Å². The third kappa shape index (κ3) is 4.37. The molecule has 0 aromatic heterocycles. The number of nitrogens with zero attached hydrogens (tertiary/aromatic N) is 2. The average molecular weight is 229 g/mol. The summed E-state index contributed by atoms with van der Waals surface area (Å²) in [5.41, 5.74) is 5.53. The van der Waals surface area contributed by atoms with Crippen LogP contribution in [0.3, 0.4) is 0 Å². The zero-order valence-electron chi connectivity index (χ0n) is 10.2. The molecule has 0 spiro atoms. The van der Waals surface area contributed by atoms with Crippen LogP contribution in [0.4, 0.5) is 0 Å². The summed E-state index contributed by atoms with van der Waals surface area (Å²) in [5, 5.41) is 11.6. The van der Waals surface area contributed by atoms with Crippen molar-refractivity contribution in [3.8, 4) is 0 Å². The van der Waals surface area contributed by atoms with Gasteiger partial charge in [-0.1, -0.05) is 12.1 Å². The van der Waals surface area contributed by atoms with E-state index in [2.05, 4.69) is 17.1 Å². The lowest BCUT2D eigenvalue weighted by atomic mass is 10.1. The van der Waals surface area contributed by atoms with Crippen LogP contribution >= 0.6 is 0 Å². The SMILES string of the molecule is CC(CN(C)CCC1CCCO1)C(N)=NO. The first kappa shape index (κ1) is 13.3. The van der Waals surface area contributed by atoms with E-state index >= 15 is 0 Å². The van der Waals surface area contributed by atoms with E-state index in [4.69, 9.17) is 15.7 Å². The summed E-state index contributed by atoms with van der Waals surface area (Å²) in [4.78, 5) is 2.20. The molecule has 1 fully saturated rings. The van der Waals surface area contributed by atoms with E-state index in [0.717, 1.165) is 26.1 Å². The monoisotopic (exact) mass is 229 g/mol. The van der Waals surface area contributed by atoms with Crippen LogP contribution in [0.1, 0.15) is 26.2 Å². The predicted molar refractivity (Wildman–Crippen MR) is 63.7 cm³/mol. The first-order valence-electron chi connectivity index (χ1n) is 5.91. The van der Waals surface area contributed by atoms with Crippen molar-refractivity contribution in [1.82, 2.24) is 4.90 Å². The van der Waals surface area contributed by atoms with Gasteiger partial charge in [-0.05, 0) is 26.3 Å². The molecule has 0 aromatic rings. The van der Waals surface area contributed by atoms with Gasteiger partial charge in [0.05, 0.1) is 6.10 Å². The molecule has 1 aliphatic rings. The van der Waals surface area contributed by atoms with Gasteiger partial charge in [0, 0.05) is 25.6 Å². The van der Waals surface area contributed by atoms with Gasteiger partial charge in [0.2, 0.25) is 0 Å². The van der Waals surface area contributed by atoms with Crippen molar-refractivity contribution >= 4 is 5.84 Å². The van der Waals surface area contributed by atoms with E-state index in [9.17, 15) is 0 Å². The Balaban J connectivity index is 2.16. The predicted octanol–water partition coefficient (Wildman–Crippen LogP) is 0.870. The van der Waals surface area contributed by atoms with Crippen LogP contribution in [-0.4, -0.2) is 48.8 Å². The van der Waals surface area contributed by atoms with E-state index in [1.54, 1.807) is 0 Å². The minimum absolute atomic E-state index is 0.0829. The summed E-state index contributed by atoms with van der Waals surface area (Å²) in [6.07, 6.45) is 3.87. The summed E-state index contributed by atoms with van der Waals surface area (Å²) < 4.78 is 5.56. The number of rotatable bonds is 6. The van der Waals surface area contributed by atoms with Crippen LogP contribution in [0.15, 0.2) is 5.16 Å². The van der Waals surface area contributed by atoms with Crippen LogP contribution < -0.4 is 5.73 Å². The van der Waals surface area contributed by atoms with Gasteiger partial charge < -0.3 is 20.6 Å². The number of amidine groups is 1. The summed E-state index contributed by atoms with van der Waals surface area (Å²) in [6.45, 7) is 4.67. The van der Waals surface area contributed by atoms with Gasteiger partial charge in [-0.25, -0.2) is 0 Å². The Hall–Kier alpha value is -0.810. The maximum Gasteiger partial charge on any atom is 0.143 e. The van der Waals surface area contributed by atoms with E-state index < -0.39 is 0 Å². The van der Waals surface area contributed by atoms with E-state index in [1.807, 2.05) is 6.92 Å². The lowest BCUT2D eigenvalue weighted by Gasteiger charge is -2.21. The van der Waals surface area contributed by atoms with Crippen molar-refractivity contribution in [3.63, 3.8) is 0 Å². The third-order valence-electron chi connectivity index (χ3n) is 3.06. The van der Waals surface area contributed by atoms with Gasteiger partial charge in [0.15, 0.2) is 0 Å². The van der Waals surface area contributed by atoms with Gasteiger partial charge in [0.1, 0.15) is 5.84 Å².